The molecule has 31 heavy (non-hydrogen) atoms. The van der Waals surface area contributed by atoms with Crippen LogP contribution in [0.25, 0.3) is 0 Å². The van der Waals surface area contributed by atoms with E-state index in [1.54, 1.807) is 6.07 Å². The summed E-state index contributed by atoms with van der Waals surface area (Å²) in [7, 11) is 0. The van der Waals surface area contributed by atoms with Gasteiger partial charge in [-0.1, -0.05) is 45.9 Å². The van der Waals surface area contributed by atoms with Gasteiger partial charge in [0.15, 0.2) is 0 Å². The number of para-hydroxylation sites is 1. The van der Waals surface area contributed by atoms with E-state index < -0.39 is 0 Å². The van der Waals surface area contributed by atoms with Gasteiger partial charge in [-0.2, -0.15) is 0 Å². The number of rotatable bonds is 6. The van der Waals surface area contributed by atoms with Crippen LogP contribution in [0, 0.1) is 13.8 Å². The zero-order valence-electron chi connectivity index (χ0n) is 19.6. The second-order valence-corrected chi connectivity index (χ2v) is 9.06. The lowest BCUT2D eigenvalue weighted by Crippen LogP contribution is -2.50. The van der Waals surface area contributed by atoms with Gasteiger partial charge in [0, 0.05) is 31.9 Å². The molecule has 0 atom stereocenters. The lowest BCUT2D eigenvalue weighted by Gasteiger charge is -2.34. The van der Waals surface area contributed by atoms with E-state index in [0.29, 0.717) is 55.9 Å². The maximum Gasteiger partial charge on any atom is 0.257 e. The second kappa shape index (κ2) is 9.69. The van der Waals surface area contributed by atoms with E-state index in [4.69, 9.17) is 4.42 Å². The number of piperazine rings is 1. The van der Waals surface area contributed by atoms with Crippen molar-refractivity contribution in [1.29, 1.82) is 0 Å². The first-order chi connectivity index (χ1) is 14.7. The van der Waals surface area contributed by atoms with Crippen molar-refractivity contribution in [2.24, 2.45) is 0 Å². The molecule has 2 aromatic rings. The Kier molecular flexibility index (Phi) is 7.21. The van der Waals surface area contributed by atoms with E-state index in [-0.39, 0.29) is 11.8 Å². The molecule has 0 saturated carbocycles. The zero-order chi connectivity index (χ0) is 22.7. The van der Waals surface area contributed by atoms with Gasteiger partial charge < -0.3 is 14.6 Å². The van der Waals surface area contributed by atoms with Crippen molar-refractivity contribution in [2.75, 3.05) is 38.0 Å². The van der Waals surface area contributed by atoms with Crippen molar-refractivity contribution in [2.45, 2.75) is 53.4 Å². The first-order valence-electron chi connectivity index (χ1n) is 11.2. The van der Waals surface area contributed by atoms with Crippen LogP contribution in [0.3, 0.4) is 0 Å². The Bertz CT molecular complexity index is 911. The summed E-state index contributed by atoms with van der Waals surface area (Å²) in [6.07, 6.45) is 0. The lowest BCUT2D eigenvalue weighted by atomic mass is 9.92. The van der Waals surface area contributed by atoms with Crippen molar-refractivity contribution in [3.05, 3.63) is 52.5 Å². The topological polar surface area (TPSA) is 65.8 Å². The molecule has 1 aliphatic heterocycles. The third-order valence-electron chi connectivity index (χ3n) is 5.94. The van der Waals surface area contributed by atoms with Gasteiger partial charge in [0.1, 0.15) is 11.5 Å². The third-order valence-corrected chi connectivity index (χ3v) is 5.94. The number of nitrogens with one attached hydrogen (secondary N) is 1. The van der Waals surface area contributed by atoms with Gasteiger partial charge in [-0.05, 0) is 42.9 Å². The highest BCUT2D eigenvalue weighted by Crippen LogP contribution is 2.32. The number of furan rings is 1. The first-order valence-corrected chi connectivity index (χ1v) is 11.2. The Hall–Kier alpha value is -2.60. The molecule has 1 N–H and O–H groups in total. The summed E-state index contributed by atoms with van der Waals surface area (Å²) in [6.45, 7) is 15.2. The summed E-state index contributed by atoms with van der Waals surface area (Å²) in [5, 5.41) is 3.19. The van der Waals surface area contributed by atoms with Gasteiger partial charge in [-0.3, -0.25) is 14.5 Å². The smallest absolute Gasteiger partial charge is 0.257 e. The molecule has 0 spiro atoms. The molecule has 1 aromatic heterocycles. The molecule has 0 unspecified atom stereocenters. The summed E-state index contributed by atoms with van der Waals surface area (Å²) in [5.74, 6) is 2.08. The number of carbonyl (C=O) groups excluding carboxylic acids is 2. The van der Waals surface area contributed by atoms with Crippen LogP contribution in [0.4, 0.5) is 5.69 Å². The molecule has 2 heterocycles. The van der Waals surface area contributed by atoms with Gasteiger partial charge in [-0.25, -0.2) is 0 Å². The molecule has 6 heteroatoms. The lowest BCUT2D eigenvalue weighted by molar-refractivity contribution is -0.117. The van der Waals surface area contributed by atoms with Crippen molar-refractivity contribution in [3.8, 4) is 0 Å². The highest BCUT2D eigenvalue weighted by molar-refractivity contribution is 5.96. The molecule has 1 aliphatic rings. The fourth-order valence-corrected chi connectivity index (χ4v) is 4.20. The normalized spacial score (nSPS) is 15.0. The first kappa shape index (κ1) is 23.1. The molecule has 0 radical (unpaired) electrons. The molecule has 6 nitrogen and oxygen atoms in total. The molecule has 1 aromatic carbocycles. The monoisotopic (exact) mass is 425 g/mol. The zero-order valence-corrected chi connectivity index (χ0v) is 19.6. The molecule has 1 fully saturated rings. The van der Waals surface area contributed by atoms with Crippen LogP contribution in [0.2, 0.25) is 0 Å². The van der Waals surface area contributed by atoms with E-state index in [9.17, 15) is 9.59 Å². The Morgan fingerprint density at radius 2 is 1.58 bits per heavy atom. The van der Waals surface area contributed by atoms with E-state index >= 15 is 0 Å². The largest absolute Gasteiger partial charge is 0.466 e. The minimum Gasteiger partial charge on any atom is -0.466 e. The average Bonchev–Trinajstić information content (AvgIpc) is 3.05. The van der Waals surface area contributed by atoms with Gasteiger partial charge >= 0.3 is 0 Å². The summed E-state index contributed by atoms with van der Waals surface area (Å²) in [5.41, 5.74) is 3.92. The molecule has 2 amide bonds. The van der Waals surface area contributed by atoms with Crippen LogP contribution in [0.5, 0.6) is 0 Å². The molecule has 3 rings (SSSR count). The summed E-state index contributed by atoms with van der Waals surface area (Å²) in [6, 6.07) is 8.06. The van der Waals surface area contributed by atoms with Gasteiger partial charge in [0.05, 0.1) is 12.1 Å². The molecular formula is C25H35N3O3. The molecule has 0 aliphatic carbocycles. The Morgan fingerprint density at radius 1 is 1.00 bits per heavy atom. The fourth-order valence-electron chi connectivity index (χ4n) is 4.20. The van der Waals surface area contributed by atoms with Crippen LogP contribution >= 0.6 is 0 Å². The highest BCUT2D eigenvalue weighted by atomic mass is 16.3. The minimum absolute atomic E-state index is 0.00363. The Labute approximate surface area is 185 Å². The summed E-state index contributed by atoms with van der Waals surface area (Å²) in [4.78, 5) is 29.6. The predicted molar refractivity (Wildman–Crippen MR) is 124 cm³/mol. The summed E-state index contributed by atoms with van der Waals surface area (Å²) >= 11 is 0. The predicted octanol–water partition coefficient (Wildman–Crippen LogP) is 4.54. The standard InChI is InChI=1S/C25H35N3O3/c1-16(2)20-8-7-9-21(17(3)4)24(20)26-23(29)15-27-10-12-28(13-11-27)25(30)22-14-18(5)31-19(22)6/h7-9,14,16-17H,10-13,15H2,1-6H3,(H,26,29). The Morgan fingerprint density at radius 3 is 2.06 bits per heavy atom. The molecule has 1 saturated heterocycles. The minimum atomic E-state index is -0.00363. The SMILES string of the molecule is Cc1cc(C(=O)N2CCN(CC(=O)Nc3c(C(C)C)cccc3C(C)C)CC2)c(C)o1. The van der Waals surface area contributed by atoms with E-state index in [1.165, 1.54) is 11.1 Å². The molecule has 0 bridgehead atoms. The number of amides is 2. The van der Waals surface area contributed by atoms with Crippen LogP contribution in [0.1, 0.15) is 72.5 Å². The van der Waals surface area contributed by atoms with E-state index in [1.807, 2.05) is 18.7 Å². The quantitative estimate of drug-likeness (QED) is 0.738. The van der Waals surface area contributed by atoms with Crippen molar-refractivity contribution in [3.63, 3.8) is 0 Å². The van der Waals surface area contributed by atoms with Crippen LogP contribution in [0.15, 0.2) is 28.7 Å². The number of aryl methyl sites for hydroxylation is 2. The third kappa shape index (κ3) is 5.37. The van der Waals surface area contributed by atoms with Gasteiger partial charge in [-0.15, -0.1) is 0 Å². The molecule has 168 valence electrons. The number of carbonyl (C=O) groups is 2. The van der Waals surface area contributed by atoms with Crippen molar-refractivity contribution in [1.82, 2.24) is 9.80 Å². The second-order valence-electron chi connectivity index (χ2n) is 9.06. The molecular weight excluding hydrogens is 390 g/mol. The Balaban J connectivity index is 1.60. The average molecular weight is 426 g/mol. The fraction of sp³-hybridized carbons (Fsp3) is 0.520. The van der Waals surface area contributed by atoms with E-state index in [2.05, 4.69) is 56.1 Å². The van der Waals surface area contributed by atoms with E-state index in [0.717, 1.165) is 11.4 Å². The maximum absolute atomic E-state index is 12.9. The highest BCUT2D eigenvalue weighted by Gasteiger charge is 2.26. The number of benzene rings is 1. The number of hydrogen-bond acceptors (Lipinski definition) is 4. The van der Waals surface area contributed by atoms with Crippen LogP contribution in [-0.2, 0) is 4.79 Å². The van der Waals surface area contributed by atoms with Crippen molar-refractivity contribution < 1.29 is 14.0 Å². The van der Waals surface area contributed by atoms with Crippen LogP contribution < -0.4 is 5.32 Å². The van der Waals surface area contributed by atoms with Gasteiger partial charge in [0.25, 0.3) is 5.91 Å². The maximum atomic E-state index is 12.9. The van der Waals surface area contributed by atoms with Crippen LogP contribution in [-0.4, -0.2) is 54.3 Å². The van der Waals surface area contributed by atoms with Crippen molar-refractivity contribution >= 4 is 17.5 Å². The number of anilines is 1. The number of nitrogens with zero attached hydrogens (tertiary/aromatic N) is 2. The summed E-state index contributed by atoms with van der Waals surface area (Å²) < 4.78 is 5.50. The van der Waals surface area contributed by atoms with Gasteiger partial charge in [0.2, 0.25) is 5.91 Å². The number of hydrogen-bond donors (Lipinski definition) is 1.